The number of anilines is 1. The Labute approximate surface area is 185 Å². The minimum atomic E-state index is -0.139. The van der Waals surface area contributed by atoms with E-state index in [1.807, 2.05) is 18.2 Å². The Kier molecular flexibility index (Phi) is 5.57. The normalized spacial score (nSPS) is 20.3. The van der Waals surface area contributed by atoms with E-state index in [-0.39, 0.29) is 23.8 Å². The second-order valence-corrected chi connectivity index (χ2v) is 8.03. The van der Waals surface area contributed by atoms with Crippen LogP contribution in [-0.2, 0) is 9.53 Å². The molecule has 0 spiro atoms. The van der Waals surface area contributed by atoms with E-state index in [4.69, 9.17) is 14.0 Å². The number of pyridine rings is 1. The number of benzene rings is 1. The van der Waals surface area contributed by atoms with Gasteiger partial charge < -0.3 is 19.3 Å². The first-order chi connectivity index (χ1) is 15.7. The van der Waals surface area contributed by atoms with E-state index in [1.165, 1.54) is 0 Å². The van der Waals surface area contributed by atoms with Crippen molar-refractivity contribution in [2.24, 2.45) is 5.92 Å². The molecule has 1 saturated heterocycles. The van der Waals surface area contributed by atoms with Crippen molar-refractivity contribution in [1.29, 1.82) is 5.26 Å². The average molecular weight is 430 g/mol. The SMILES string of the molecule is N#Cc1cc(-c2ccnc(NC(=O)[C@@H]3C[C@H]3c3ccno3)c2)ccc1OC1CCOCC1. The summed E-state index contributed by atoms with van der Waals surface area (Å²) in [5.41, 5.74) is 2.18. The quantitative estimate of drug-likeness (QED) is 0.631. The lowest BCUT2D eigenvalue weighted by Gasteiger charge is -2.23. The third-order valence-corrected chi connectivity index (χ3v) is 5.86. The molecule has 0 bridgehead atoms. The number of nitrogens with zero attached hydrogens (tertiary/aromatic N) is 3. The summed E-state index contributed by atoms with van der Waals surface area (Å²) < 4.78 is 16.6. The Balaban J connectivity index is 1.28. The number of nitriles is 1. The lowest BCUT2D eigenvalue weighted by Crippen LogP contribution is -2.26. The zero-order chi connectivity index (χ0) is 21.9. The van der Waals surface area contributed by atoms with Gasteiger partial charge in [-0.25, -0.2) is 4.98 Å². The summed E-state index contributed by atoms with van der Waals surface area (Å²) in [6.07, 6.45) is 5.66. The Morgan fingerprint density at radius 3 is 2.75 bits per heavy atom. The van der Waals surface area contributed by atoms with Crippen LogP contribution in [0.25, 0.3) is 11.1 Å². The van der Waals surface area contributed by atoms with E-state index in [0.717, 1.165) is 36.1 Å². The molecule has 2 aliphatic rings. The van der Waals surface area contributed by atoms with E-state index in [1.54, 1.807) is 30.6 Å². The van der Waals surface area contributed by atoms with Crippen molar-refractivity contribution < 1.29 is 18.8 Å². The van der Waals surface area contributed by atoms with Gasteiger partial charge in [-0.1, -0.05) is 11.2 Å². The second-order valence-electron chi connectivity index (χ2n) is 8.03. The molecule has 8 heteroatoms. The fourth-order valence-electron chi connectivity index (χ4n) is 3.99. The summed E-state index contributed by atoms with van der Waals surface area (Å²) >= 11 is 0. The average Bonchev–Trinajstić information content (AvgIpc) is 3.45. The van der Waals surface area contributed by atoms with Crippen molar-refractivity contribution in [2.75, 3.05) is 18.5 Å². The van der Waals surface area contributed by atoms with Gasteiger partial charge in [0.25, 0.3) is 0 Å². The van der Waals surface area contributed by atoms with Crippen LogP contribution in [0.1, 0.15) is 36.5 Å². The van der Waals surface area contributed by atoms with Crippen LogP contribution in [0.15, 0.2) is 53.3 Å². The zero-order valence-electron chi connectivity index (χ0n) is 17.4. The molecule has 1 N–H and O–H groups in total. The molecular formula is C24H22N4O4. The van der Waals surface area contributed by atoms with Crippen molar-refractivity contribution in [3.05, 3.63) is 60.1 Å². The number of amides is 1. The smallest absolute Gasteiger partial charge is 0.229 e. The van der Waals surface area contributed by atoms with E-state index < -0.39 is 0 Å². The Hall–Kier alpha value is -3.70. The lowest BCUT2D eigenvalue weighted by atomic mass is 10.0. The van der Waals surface area contributed by atoms with Crippen LogP contribution in [0.2, 0.25) is 0 Å². The van der Waals surface area contributed by atoms with Crippen molar-refractivity contribution in [3.8, 4) is 22.9 Å². The summed E-state index contributed by atoms with van der Waals surface area (Å²) in [5, 5.41) is 16.2. The first kappa shape index (κ1) is 20.2. The van der Waals surface area contributed by atoms with Crippen LogP contribution < -0.4 is 10.1 Å². The molecule has 1 aliphatic carbocycles. The third-order valence-electron chi connectivity index (χ3n) is 5.86. The van der Waals surface area contributed by atoms with Gasteiger partial charge in [0, 0.05) is 36.9 Å². The molecule has 1 aromatic carbocycles. The molecule has 2 fully saturated rings. The number of rotatable bonds is 6. The molecule has 3 aromatic rings. The molecule has 0 radical (unpaired) electrons. The predicted octanol–water partition coefficient (Wildman–Crippen LogP) is 3.91. The third kappa shape index (κ3) is 4.34. The highest BCUT2D eigenvalue weighted by Crippen LogP contribution is 2.47. The van der Waals surface area contributed by atoms with E-state index in [0.29, 0.717) is 30.3 Å². The highest BCUT2D eigenvalue weighted by atomic mass is 16.5. The van der Waals surface area contributed by atoms with Gasteiger partial charge in [0.2, 0.25) is 5.91 Å². The molecule has 0 unspecified atom stereocenters. The highest BCUT2D eigenvalue weighted by Gasteiger charge is 2.46. The van der Waals surface area contributed by atoms with Gasteiger partial charge in [-0.2, -0.15) is 5.26 Å². The molecule has 2 atom stereocenters. The molecule has 162 valence electrons. The van der Waals surface area contributed by atoms with Crippen molar-refractivity contribution in [3.63, 3.8) is 0 Å². The Bertz CT molecular complexity index is 1150. The largest absolute Gasteiger partial charge is 0.489 e. The van der Waals surface area contributed by atoms with Crippen LogP contribution in [0.4, 0.5) is 5.82 Å². The molecule has 1 aliphatic heterocycles. The number of hydrogen-bond donors (Lipinski definition) is 1. The maximum Gasteiger partial charge on any atom is 0.229 e. The van der Waals surface area contributed by atoms with Gasteiger partial charge in [-0.15, -0.1) is 0 Å². The molecular weight excluding hydrogens is 408 g/mol. The molecule has 2 aromatic heterocycles. The van der Waals surface area contributed by atoms with Gasteiger partial charge >= 0.3 is 0 Å². The maximum absolute atomic E-state index is 12.6. The molecule has 1 saturated carbocycles. The number of nitrogens with one attached hydrogen (secondary N) is 1. The highest BCUT2D eigenvalue weighted by molar-refractivity contribution is 5.94. The number of ether oxygens (including phenoxy) is 2. The van der Waals surface area contributed by atoms with Crippen LogP contribution in [0.5, 0.6) is 5.75 Å². The van der Waals surface area contributed by atoms with Crippen LogP contribution in [0, 0.1) is 17.2 Å². The molecule has 8 nitrogen and oxygen atoms in total. The zero-order valence-corrected chi connectivity index (χ0v) is 17.4. The predicted molar refractivity (Wildman–Crippen MR) is 115 cm³/mol. The molecule has 1 amide bonds. The molecule has 5 rings (SSSR count). The van der Waals surface area contributed by atoms with E-state index in [2.05, 4.69) is 21.5 Å². The van der Waals surface area contributed by atoms with Gasteiger partial charge in [0.1, 0.15) is 29.5 Å². The number of hydrogen-bond acceptors (Lipinski definition) is 7. The lowest BCUT2D eigenvalue weighted by molar-refractivity contribution is -0.117. The fourth-order valence-corrected chi connectivity index (χ4v) is 3.99. The van der Waals surface area contributed by atoms with Crippen LogP contribution >= 0.6 is 0 Å². The Morgan fingerprint density at radius 2 is 1.97 bits per heavy atom. The summed E-state index contributed by atoms with van der Waals surface area (Å²) in [5.74, 6) is 1.63. The minimum Gasteiger partial charge on any atom is -0.489 e. The number of aromatic nitrogens is 2. The summed E-state index contributed by atoms with van der Waals surface area (Å²) in [6.45, 7) is 1.35. The first-order valence-electron chi connectivity index (χ1n) is 10.7. The summed E-state index contributed by atoms with van der Waals surface area (Å²) in [6, 6.07) is 13.2. The topological polar surface area (TPSA) is 110 Å². The van der Waals surface area contributed by atoms with Crippen LogP contribution in [-0.4, -0.2) is 35.4 Å². The van der Waals surface area contributed by atoms with Crippen molar-refractivity contribution in [1.82, 2.24) is 10.1 Å². The fraction of sp³-hybridized carbons (Fsp3) is 0.333. The maximum atomic E-state index is 12.6. The number of carbonyl (C=O) groups is 1. The second kappa shape index (κ2) is 8.81. The van der Waals surface area contributed by atoms with Gasteiger partial charge in [-0.05, 0) is 41.8 Å². The van der Waals surface area contributed by atoms with E-state index >= 15 is 0 Å². The monoisotopic (exact) mass is 430 g/mol. The standard InChI is InChI=1S/C24H22N4O4/c25-14-17-11-15(1-2-21(17)31-18-5-9-30-10-6-18)16-3-7-26-23(12-16)28-24(29)20-13-19(20)22-4-8-27-32-22/h1-4,7-8,11-12,18-20H,5-6,9-10,13H2,(H,26,28,29)/t19-,20-/m1/s1. The van der Waals surface area contributed by atoms with E-state index in [9.17, 15) is 10.1 Å². The van der Waals surface area contributed by atoms with Crippen LogP contribution in [0.3, 0.4) is 0 Å². The molecule has 3 heterocycles. The Morgan fingerprint density at radius 1 is 1.12 bits per heavy atom. The van der Waals surface area contributed by atoms with Gasteiger partial charge in [0.05, 0.1) is 25.0 Å². The van der Waals surface area contributed by atoms with Gasteiger partial charge in [-0.3, -0.25) is 4.79 Å². The van der Waals surface area contributed by atoms with Crippen molar-refractivity contribution in [2.45, 2.75) is 31.3 Å². The van der Waals surface area contributed by atoms with Gasteiger partial charge in [0.15, 0.2) is 0 Å². The first-order valence-corrected chi connectivity index (χ1v) is 10.7. The summed E-state index contributed by atoms with van der Waals surface area (Å²) in [4.78, 5) is 16.9. The summed E-state index contributed by atoms with van der Waals surface area (Å²) in [7, 11) is 0. The van der Waals surface area contributed by atoms with Crippen molar-refractivity contribution >= 4 is 11.7 Å². The number of carbonyl (C=O) groups excluding carboxylic acids is 1. The molecule has 32 heavy (non-hydrogen) atoms. The minimum absolute atomic E-state index is 0.0626.